The zero-order valence-electron chi connectivity index (χ0n) is 15.6. The van der Waals surface area contributed by atoms with Crippen LogP contribution in [0.5, 0.6) is 0 Å². The van der Waals surface area contributed by atoms with Crippen LogP contribution in [0.25, 0.3) is 10.6 Å². The molecular weight excluding hydrogens is 364 g/mol. The minimum absolute atomic E-state index is 0.0769. The van der Waals surface area contributed by atoms with Crippen molar-refractivity contribution in [1.82, 2.24) is 20.5 Å². The third-order valence-corrected chi connectivity index (χ3v) is 5.59. The predicted molar refractivity (Wildman–Crippen MR) is 103 cm³/mol. The molecule has 1 unspecified atom stereocenters. The molecule has 2 aromatic heterocycles. The van der Waals surface area contributed by atoms with E-state index in [1.165, 1.54) is 0 Å². The maximum absolute atomic E-state index is 12.6. The largest absolute Gasteiger partial charge is 0.463 e. The summed E-state index contributed by atoms with van der Waals surface area (Å²) in [5.74, 6) is -0.611. The first-order valence-corrected chi connectivity index (χ1v) is 10.0. The van der Waals surface area contributed by atoms with Gasteiger partial charge in [-0.1, -0.05) is 6.92 Å². The Bertz CT molecular complexity index is 826. The van der Waals surface area contributed by atoms with E-state index < -0.39 is 0 Å². The van der Waals surface area contributed by atoms with Crippen molar-refractivity contribution in [3.63, 3.8) is 0 Å². The molecule has 1 atom stereocenters. The maximum atomic E-state index is 12.6. The van der Waals surface area contributed by atoms with Gasteiger partial charge in [0.2, 0.25) is 5.91 Å². The molecule has 8 heteroatoms. The number of hydrogen-bond acceptors (Lipinski definition) is 6. The molecule has 2 N–H and O–H groups in total. The smallest absolute Gasteiger partial charge is 0.335 e. The molecule has 0 spiro atoms. The number of thiazole rings is 1. The number of nitrogens with one attached hydrogen (secondary N) is 2. The summed E-state index contributed by atoms with van der Waals surface area (Å²) in [5.41, 5.74) is 2.28. The van der Waals surface area contributed by atoms with Crippen LogP contribution in [0.3, 0.4) is 0 Å². The molecule has 2 aromatic rings. The van der Waals surface area contributed by atoms with E-state index in [2.05, 4.69) is 20.5 Å². The van der Waals surface area contributed by atoms with E-state index >= 15 is 0 Å². The van der Waals surface area contributed by atoms with E-state index in [0.29, 0.717) is 31.4 Å². The van der Waals surface area contributed by atoms with Gasteiger partial charge in [0.25, 0.3) is 0 Å². The number of ether oxygens (including phenoxy) is 1. The first-order chi connectivity index (χ1) is 13.1. The summed E-state index contributed by atoms with van der Waals surface area (Å²) in [4.78, 5) is 30.2. The molecule has 0 aliphatic heterocycles. The molecule has 0 aromatic carbocycles. The molecule has 0 fully saturated rings. The standard InChI is InChI=1S/C19H24N4O3S/c1-3-26-19(25)15-6-4-5-7-16(15)23-17(24)12(2)8-14-11-20-18(27-14)13-9-21-22-10-13/h9-12H,3-8H2,1-2H3,(H,21,22)(H,23,24). The van der Waals surface area contributed by atoms with Gasteiger partial charge in [-0.25, -0.2) is 9.78 Å². The number of hydrogen-bond donors (Lipinski definition) is 2. The van der Waals surface area contributed by atoms with Crippen molar-refractivity contribution in [2.24, 2.45) is 5.92 Å². The van der Waals surface area contributed by atoms with Crippen LogP contribution in [-0.2, 0) is 20.7 Å². The highest BCUT2D eigenvalue weighted by atomic mass is 32.1. The summed E-state index contributed by atoms with van der Waals surface area (Å²) < 4.78 is 5.13. The average molecular weight is 388 g/mol. The number of H-pyrrole nitrogens is 1. The van der Waals surface area contributed by atoms with Crippen LogP contribution < -0.4 is 5.32 Å². The second-order valence-electron chi connectivity index (χ2n) is 6.60. The topological polar surface area (TPSA) is 97.0 Å². The first-order valence-electron chi connectivity index (χ1n) is 9.22. The quantitative estimate of drug-likeness (QED) is 0.710. The third kappa shape index (κ3) is 4.82. The van der Waals surface area contributed by atoms with Gasteiger partial charge in [-0.05, 0) is 39.0 Å². The molecular formula is C19H24N4O3S. The number of carbonyl (C=O) groups excluding carboxylic acids is 2. The molecule has 0 radical (unpaired) electrons. The second-order valence-corrected chi connectivity index (χ2v) is 7.71. The summed E-state index contributed by atoms with van der Waals surface area (Å²) in [7, 11) is 0. The number of esters is 1. The summed E-state index contributed by atoms with van der Waals surface area (Å²) >= 11 is 1.56. The van der Waals surface area contributed by atoms with Crippen molar-refractivity contribution in [3.05, 3.63) is 34.7 Å². The summed E-state index contributed by atoms with van der Waals surface area (Å²) in [6.07, 6.45) is 9.21. The van der Waals surface area contributed by atoms with E-state index in [-0.39, 0.29) is 17.8 Å². The minimum atomic E-state index is -0.313. The Morgan fingerprint density at radius 2 is 2.15 bits per heavy atom. The van der Waals surface area contributed by atoms with E-state index in [0.717, 1.165) is 34.0 Å². The Morgan fingerprint density at radius 3 is 2.89 bits per heavy atom. The van der Waals surface area contributed by atoms with E-state index in [9.17, 15) is 9.59 Å². The van der Waals surface area contributed by atoms with E-state index in [1.807, 2.05) is 6.92 Å². The van der Waals surface area contributed by atoms with Gasteiger partial charge in [0.15, 0.2) is 0 Å². The molecule has 7 nitrogen and oxygen atoms in total. The normalized spacial score (nSPS) is 15.5. The molecule has 0 saturated heterocycles. The van der Waals surface area contributed by atoms with Crippen LogP contribution in [0.2, 0.25) is 0 Å². The zero-order valence-corrected chi connectivity index (χ0v) is 16.4. The fraction of sp³-hybridized carbons (Fsp3) is 0.474. The predicted octanol–water partition coefficient (Wildman–Crippen LogP) is 3.22. The van der Waals surface area contributed by atoms with Crippen LogP contribution in [0, 0.1) is 5.92 Å². The Morgan fingerprint density at radius 1 is 1.33 bits per heavy atom. The van der Waals surface area contributed by atoms with E-state index in [1.54, 1.807) is 36.9 Å². The molecule has 2 heterocycles. The Hall–Kier alpha value is -2.48. The lowest BCUT2D eigenvalue weighted by atomic mass is 9.95. The Labute approximate surface area is 162 Å². The minimum Gasteiger partial charge on any atom is -0.463 e. The second kappa shape index (κ2) is 8.94. The summed E-state index contributed by atoms with van der Waals surface area (Å²) in [6.45, 7) is 4.01. The number of amides is 1. The number of nitrogens with zero attached hydrogens (tertiary/aromatic N) is 2. The number of aromatic nitrogens is 3. The third-order valence-electron chi connectivity index (χ3n) is 4.52. The van der Waals surface area contributed by atoms with Gasteiger partial charge in [-0.2, -0.15) is 5.10 Å². The van der Waals surface area contributed by atoms with Crippen LogP contribution in [0.1, 0.15) is 44.4 Å². The van der Waals surface area contributed by atoms with Crippen LogP contribution >= 0.6 is 11.3 Å². The molecule has 0 bridgehead atoms. The number of aromatic amines is 1. The van der Waals surface area contributed by atoms with Gasteiger partial charge in [0.1, 0.15) is 5.01 Å². The molecule has 144 valence electrons. The van der Waals surface area contributed by atoms with E-state index in [4.69, 9.17) is 4.74 Å². The summed E-state index contributed by atoms with van der Waals surface area (Å²) in [6, 6.07) is 0. The van der Waals surface area contributed by atoms with Crippen LogP contribution in [0.15, 0.2) is 29.9 Å². The molecule has 1 amide bonds. The van der Waals surface area contributed by atoms with Gasteiger partial charge < -0.3 is 10.1 Å². The lowest BCUT2D eigenvalue weighted by molar-refractivity contribution is -0.138. The monoisotopic (exact) mass is 388 g/mol. The number of carbonyl (C=O) groups is 2. The van der Waals surface area contributed by atoms with Gasteiger partial charge in [-0.3, -0.25) is 9.89 Å². The van der Waals surface area contributed by atoms with Crippen molar-refractivity contribution < 1.29 is 14.3 Å². The van der Waals surface area contributed by atoms with Crippen molar-refractivity contribution >= 4 is 23.2 Å². The van der Waals surface area contributed by atoms with Crippen molar-refractivity contribution in [2.75, 3.05) is 6.61 Å². The molecule has 1 aliphatic rings. The summed E-state index contributed by atoms with van der Waals surface area (Å²) in [5, 5.41) is 10.6. The Kier molecular flexibility index (Phi) is 6.39. The zero-order chi connectivity index (χ0) is 19.2. The van der Waals surface area contributed by atoms with Gasteiger partial charge in [0.05, 0.1) is 18.4 Å². The maximum Gasteiger partial charge on any atom is 0.335 e. The van der Waals surface area contributed by atoms with Crippen molar-refractivity contribution in [3.8, 4) is 10.6 Å². The lowest BCUT2D eigenvalue weighted by Gasteiger charge is -2.21. The molecule has 0 saturated carbocycles. The SMILES string of the molecule is CCOC(=O)C1=C(NC(=O)C(C)Cc2cnc(-c3cn[nH]c3)s2)CCCC1. The van der Waals surface area contributed by atoms with Gasteiger partial charge >= 0.3 is 5.97 Å². The van der Waals surface area contributed by atoms with Crippen LogP contribution in [0.4, 0.5) is 0 Å². The number of rotatable bonds is 7. The molecule has 1 aliphatic carbocycles. The van der Waals surface area contributed by atoms with Crippen LogP contribution in [-0.4, -0.2) is 33.7 Å². The van der Waals surface area contributed by atoms with Crippen molar-refractivity contribution in [2.45, 2.75) is 46.0 Å². The highest BCUT2D eigenvalue weighted by molar-refractivity contribution is 7.15. The number of allylic oxidation sites excluding steroid dienone is 1. The van der Waals surface area contributed by atoms with Gasteiger partial charge in [0, 0.05) is 34.4 Å². The van der Waals surface area contributed by atoms with Gasteiger partial charge in [-0.15, -0.1) is 11.3 Å². The fourth-order valence-corrected chi connectivity index (χ4v) is 4.08. The lowest BCUT2D eigenvalue weighted by Crippen LogP contribution is -2.32. The highest BCUT2D eigenvalue weighted by Gasteiger charge is 2.23. The van der Waals surface area contributed by atoms with Crippen molar-refractivity contribution in [1.29, 1.82) is 0 Å². The Balaban J connectivity index is 1.64. The first kappa shape index (κ1) is 19.3. The average Bonchev–Trinajstić information content (AvgIpc) is 3.33. The molecule has 3 rings (SSSR count). The molecule has 27 heavy (non-hydrogen) atoms. The fourth-order valence-electron chi connectivity index (χ4n) is 3.06. The highest BCUT2D eigenvalue weighted by Crippen LogP contribution is 2.27.